The molecule has 1 amide bonds. The van der Waals surface area contributed by atoms with Crippen LogP contribution in [0.5, 0.6) is 11.5 Å². The second-order valence-corrected chi connectivity index (χ2v) is 8.79. The molecule has 0 radical (unpaired) electrons. The fourth-order valence-electron chi connectivity index (χ4n) is 2.98. The largest absolute Gasteiger partial charge is 0.493 e. The van der Waals surface area contributed by atoms with Crippen LogP contribution in [0.4, 0.5) is 14.5 Å². The Morgan fingerprint density at radius 2 is 1.85 bits per heavy atom. The molecule has 1 heterocycles. The lowest BCUT2D eigenvalue weighted by atomic mass is 10.1. The van der Waals surface area contributed by atoms with Gasteiger partial charge in [0.05, 0.1) is 17.7 Å². The molecule has 0 aliphatic carbocycles. The molecule has 0 aromatic heterocycles. The number of nitrogens with one attached hydrogen (secondary N) is 1. The van der Waals surface area contributed by atoms with E-state index in [1.54, 1.807) is 30.3 Å². The summed E-state index contributed by atoms with van der Waals surface area (Å²) in [6, 6.07) is 15.3. The number of amidine groups is 1. The number of methoxy groups -OCH3 is 1. The van der Waals surface area contributed by atoms with E-state index in [1.807, 2.05) is 0 Å². The van der Waals surface area contributed by atoms with Crippen molar-refractivity contribution in [3.8, 4) is 11.5 Å². The van der Waals surface area contributed by atoms with Crippen LogP contribution >= 0.6 is 27.7 Å². The Hall–Kier alpha value is -3.17. The smallest absolute Gasteiger partial charge is 0.264 e. The lowest BCUT2D eigenvalue weighted by Gasteiger charge is -2.13. The van der Waals surface area contributed by atoms with Gasteiger partial charge in [0.15, 0.2) is 16.7 Å². The van der Waals surface area contributed by atoms with Gasteiger partial charge in [-0.3, -0.25) is 4.79 Å². The number of thioether (sulfide) groups is 1. The Morgan fingerprint density at radius 3 is 2.58 bits per heavy atom. The second-order valence-electron chi connectivity index (χ2n) is 6.90. The number of halogens is 3. The van der Waals surface area contributed by atoms with Crippen LogP contribution in [0.3, 0.4) is 0 Å². The fourth-order valence-corrected chi connectivity index (χ4v) is 4.25. The molecule has 0 bridgehead atoms. The molecule has 0 atom stereocenters. The number of hydrogen-bond acceptors (Lipinski definition) is 5. The standard InChI is InChI=1S/C24H17BrF2N2O3S/c1-31-20-10-15(19(25)12-21(20)32-13-14-3-2-4-17(27)9-14)11-22-23(30)29-24(33-22)28-18-7-5-16(26)6-8-18/h2-12H,13H2,1H3,(H,28,29,30)/b22-11+. The monoisotopic (exact) mass is 530 g/mol. The first kappa shape index (κ1) is 23.0. The molecule has 33 heavy (non-hydrogen) atoms. The van der Waals surface area contributed by atoms with Crippen molar-refractivity contribution in [1.29, 1.82) is 0 Å². The maximum Gasteiger partial charge on any atom is 0.264 e. The van der Waals surface area contributed by atoms with Crippen molar-refractivity contribution in [3.63, 3.8) is 0 Å². The SMILES string of the molecule is COc1cc(/C=C2/SC(=Nc3ccc(F)cc3)NC2=O)c(Br)cc1OCc1cccc(F)c1. The normalized spacial score (nSPS) is 15.7. The molecule has 1 saturated heterocycles. The molecular weight excluding hydrogens is 514 g/mol. The summed E-state index contributed by atoms with van der Waals surface area (Å²) >= 11 is 4.68. The fraction of sp³-hybridized carbons (Fsp3) is 0.0833. The van der Waals surface area contributed by atoms with Crippen LogP contribution in [-0.2, 0) is 11.4 Å². The second kappa shape index (κ2) is 10.2. The third-order valence-corrected chi connectivity index (χ3v) is 6.16. The van der Waals surface area contributed by atoms with Crippen LogP contribution in [0, 0.1) is 11.6 Å². The molecule has 5 nitrogen and oxygen atoms in total. The van der Waals surface area contributed by atoms with Crippen LogP contribution in [0.1, 0.15) is 11.1 Å². The third kappa shape index (κ3) is 5.80. The van der Waals surface area contributed by atoms with Crippen molar-refractivity contribution in [2.45, 2.75) is 6.61 Å². The quantitative estimate of drug-likeness (QED) is 0.385. The van der Waals surface area contributed by atoms with Crippen LogP contribution in [0.25, 0.3) is 6.08 Å². The van der Waals surface area contributed by atoms with Crippen LogP contribution in [0.15, 0.2) is 75.0 Å². The van der Waals surface area contributed by atoms with E-state index >= 15 is 0 Å². The first-order valence-electron chi connectivity index (χ1n) is 9.71. The van der Waals surface area contributed by atoms with Crippen LogP contribution in [-0.4, -0.2) is 18.2 Å². The number of aliphatic imine (C=N–C) groups is 1. The third-order valence-electron chi connectivity index (χ3n) is 4.56. The number of benzene rings is 3. The maximum atomic E-state index is 13.4. The van der Waals surface area contributed by atoms with Gasteiger partial charge < -0.3 is 14.8 Å². The van der Waals surface area contributed by atoms with Gasteiger partial charge in [-0.05, 0) is 77.5 Å². The van der Waals surface area contributed by atoms with Crippen molar-refractivity contribution in [2.24, 2.45) is 4.99 Å². The molecule has 3 aromatic carbocycles. The summed E-state index contributed by atoms with van der Waals surface area (Å²) in [6.45, 7) is 0.169. The van der Waals surface area contributed by atoms with Crippen molar-refractivity contribution < 1.29 is 23.0 Å². The Labute approximate surface area is 201 Å². The highest BCUT2D eigenvalue weighted by molar-refractivity contribution is 9.10. The molecular formula is C24H17BrF2N2O3S. The molecule has 1 N–H and O–H groups in total. The highest BCUT2D eigenvalue weighted by Gasteiger charge is 2.24. The topological polar surface area (TPSA) is 59.9 Å². The number of hydrogen-bond donors (Lipinski definition) is 1. The first-order chi connectivity index (χ1) is 15.9. The molecule has 0 saturated carbocycles. The van der Waals surface area contributed by atoms with E-state index < -0.39 is 0 Å². The summed E-state index contributed by atoms with van der Waals surface area (Å²) in [5.74, 6) is -0.0493. The first-order valence-corrected chi connectivity index (χ1v) is 11.3. The molecule has 0 spiro atoms. The average Bonchev–Trinajstić information content (AvgIpc) is 3.14. The van der Waals surface area contributed by atoms with Gasteiger partial charge in [0.25, 0.3) is 5.91 Å². The summed E-state index contributed by atoms with van der Waals surface area (Å²) in [4.78, 5) is 17.2. The zero-order valence-corrected chi connectivity index (χ0v) is 19.7. The van der Waals surface area contributed by atoms with E-state index in [0.29, 0.717) is 42.9 Å². The minimum Gasteiger partial charge on any atom is -0.493 e. The lowest BCUT2D eigenvalue weighted by molar-refractivity contribution is -0.115. The van der Waals surface area contributed by atoms with Crippen molar-refractivity contribution in [2.75, 3.05) is 7.11 Å². The van der Waals surface area contributed by atoms with E-state index in [1.165, 1.54) is 55.3 Å². The number of rotatable bonds is 6. The lowest BCUT2D eigenvalue weighted by Crippen LogP contribution is -2.19. The highest BCUT2D eigenvalue weighted by atomic mass is 79.9. The van der Waals surface area contributed by atoms with Gasteiger partial charge >= 0.3 is 0 Å². The number of carbonyl (C=O) groups is 1. The van der Waals surface area contributed by atoms with Gasteiger partial charge in [-0.15, -0.1) is 0 Å². The predicted molar refractivity (Wildman–Crippen MR) is 129 cm³/mol. The zero-order chi connectivity index (χ0) is 23.4. The molecule has 1 aliphatic heterocycles. The molecule has 1 fully saturated rings. The Kier molecular flexibility index (Phi) is 7.10. The summed E-state index contributed by atoms with van der Waals surface area (Å²) in [5.41, 5.74) is 1.92. The summed E-state index contributed by atoms with van der Waals surface area (Å²) < 4.78 is 38.4. The molecule has 4 rings (SSSR count). The molecule has 3 aromatic rings. The molecule has 1 aliphatic rings. The predicted octanol–water partition coefficient (Wildman–Crippen LogP) is 6.21. The minimum atomic E-state index is -0.357. The van der Waals surface area contributed by atoms with Gasteiger partial charge in [0.2, 0.25) is 0 Å². The average molecular weight is 531 g/mol. The van der Waals surface area contributed by atoms with Crippen molar-refractivity contribution >= 4 is 50.5 Å². The van der Waals surface area contributed by atoms with Gasteiger partial charge in [-0.2, -0.15) is 0 Å². The summed E-state index contributed by atoms with van der Waals surface area (Å²) in [7, 11) is 1.51. The summed E-state index contributed by atoms with van der Waals surface area (Å²) in [6.07, 6.45) is 1.70. The number of ether oxygens (including phenoxy) is 2. The van der Waals surface area contributed by atoms with Gasteiger partial charge in [-0.1, -0.05) is 28.1 Å². The molecule has 0 unspecified atom stereocenters. The number of amides is 1. The number of nitrogens with zero attached hydrogens (tertiary/aromatic N) is 1. The van der Waals surface area contributed by atoms with Crippen LogP contribution in [0.2, 0.25) is 0 Å². The maximum absolute atomic E-state index is 13.4. The van der Waals surface area contributed by atoms with Gasteiger partial charge in [0.1, 0.15) is 18.2 Å². The van der Waals surface area contributed by atoms with Gasteiger partial charge in [-0.25, -0.2) is 13.8 Å². The highest BCUT2D eigenvalue weighted by Crippen LogP contribution is 2.37. The van der Waals surface area contributed by atoms with Gasteiger partial charge in [0, 0.05) is 4.47 Å². The Bertz CT molecular complexity index is 1260. The molecule has 9 heteroatoms. The van der Waals surface area contributed by atoms with Crippen molar-refractivity contribution in [3.05, 3.63) is 92.8 Å². The minimum absolute atomic E-state index is 0.169. The van der Waals surface area contributed by atoms with Crippen LogP contribution < -0.4 is 14.8 Å². The van der Waals surface area contributed by atoms with E-state index in [9.17, 15) is 13.6 Å². The zero-order valence-electron chi connectivity index (χ0n) is 17.3. The van der Waals surface area contributed by atoms with E-state index in [4.69, 9.17) is 9.47 Å². The van der Waals surface area contributed by atoms with E-state index in [0.717, 1.165) is 0 Å². The van der Waals surface area contributed by atoms with Crippen molar-refractivity contribution in [1.82, 2.24) is 5.32 Å². The van der Waals surface area contributed by atoms with E-state index in [2.05, 4.69) is 26.2 Å². The number of carbonyl (C=O) groups excluding carboxylic acids is 1. The van der Waals surface area contributed by atoms with E-state index in [-0.39, 0.29) is 24.1 Å². The molecule has 168 valence electrons. The summed E-state index contributed by atoms with van der Waals surface area (Å²) in [5, 5.41) is 3.10. The Balaban J connectivity index is 1.53. The Morgan fingerprint density at radius 1 is 1.06 bits per heavy atom.